The average Bonchev–Trinajstić information content (AvgIpc) is 2.91. The Labute approximate surface area is 118 Å². The molecule has 1 heterocycles. The summed E-state index contributed by atoms with van der Waals surface area (Å²) in [6, 6.07) is 5.15. The average molecular weight is 296 g/mol. The van der Waals surface area contributed by atoms with Crippen LogP contribution in [0.1, 0.15) is 16.1 Å². The normalized spacial score (nSPS) is 10.1. The summed E-state index contributed by atoms with van der Waals surface area (Å²) in [5, 5.41) is 17.5. The van der Waals surface area contributed by atoms with Crippen LogP contribution in [-0.2, 0) is 6.54 Å². The number of carboxylic acids is 1. The van der Waals surface area contributed by atoms with Crippen LogP contribution in [-0.4, -0.2) is 22.3 Å². The van der Waals surface area contributed by atoms with Crippen LogP contribution in [0.3, 0.4) is 0 Å². The third-order valence-electron chi connectivity index (χ3n) is 2.38. The number of hydrogen-bond donors (Lipinski definition) is 3. The van der Waals surface area contributed by atoms with Crippen molar-refractivity contribution in [3.63, 3.8) is 0 Å². The van der Waals surface area contributed by atoms with E-state index in [-0.39, 0.29) is 17.1 Å². The van der Waals surface area contributed by atoms with Gasteiger partial charge in [0.05, 0.1) is 29.0 Å². The second-order valence-electron chi connectivity index (χ2n) is 3.79. The van der Waals surface area contributed by atoms with E-state index >= 15 is 0 Å². The molecule has 0 aliphatic carbocycles. The molecule has 1 aromatic heterocycles. The van der Waals surface area contributed by atoms with Gasteiger partial charge in [-0.25, -0.2) is 9.59 Å². The quantitative estimate of drug-likeness (QED) is 0.803. The van der Waals surface area contributed by atoms with Crippen LogP contribution in [0.4, 0.5) is 10.5 Å². The van der Waals surface area contributed by atoms with Crippen LogP contribution >= 0.6 is 11.6 Å². The van der Waals surface area contributed by atoms with Crippen molar-refractivity contribution < 1.29 is 19.2 Å². The lowest BCUT2D eigenvalue weighted by Gasteiger charge is -2.08. The zero-order valence-corrected chi connectivity index (χ0v) is 10.8. The Kier molecular flexibility index (Phi) is 4.21. The molecule has 3 N–H and O–H groups in total. The van der Waals surface area contributed by atoms with E-state index in [1.807, 2.05) is 0 Å². The number of aromatic nitrogens is 1. The fourth-order valence-corrected chi connectivity index (χ4v) is 1.64. The van der Waals surface area contributed by atoms with E-state index in [2.05, 4.69) is 15.8 Å². The minimum Gasteiger partial charge on any atom is -0.478 e. The molecule has 0 aliphatic heterocycles. The minimum atomic E-state index is -1.09. The van der Waals surface area contributed by atoms with Gasteiger partial charge in [-0.1, -0.05) is 16.8 Å². The van der Waals surface area contributed by atoms with Gasteiger partial charge in [-0.15, -0.1) is 0 Å². The molecule has 0 saturated carbocycles. The molecule has 2 aromatic rings. The molecule has 2 amide bonds. The maximum absolute atomic E-state index is 11.6. The summed E-state index contributed by atoms with van der Waals surface area (Å²) in [5.74, 6) is -0.583. The minimum absolute atomic E-state index is 0.0441. The van der Waals surface area contributed by atoms with Crippen molar-refractivity contribution in [2.24, 2.45) is 0 Å². The number of rotatable bonds is 4. The molecule has 0 atom stereocenters. The molecule has 0 aliphatic rings. The van der Waals surface area contributed by atoms with Crippen molar-refractivity contribution in [3.05, 3.63) is 46.8 Å². The molecule has 2 rings (SSSR count). The van der Waals surface area contributed by atoms with Gasteiger partial charge in [0.2, 0.25) is 0 Å². The van der Waals surface area contributed by atoms with Gasteiger partial charge in [0.1, 0.15) is 0 Å². The molecule has 1 aromatic carbocycles. The van der Waals surface area contributed by atoms with E-state index in [0.717, 1.165) is 0 Å². The second-order valence-corrected chi connectivity index (χ2v) is 4.19. The predicted molar refractivity (Wildman–Crippen MR) is 70.8 cm³/mol. The van der Waals surface area contributed by atoms with Gasteiger partial charge in [-0.2, -0.15) is 0 Å². The Morgan fingerprint density at radius 2 is 2.15 bits per heavy atom. The monoisotopic (exact) mass is 295 g/mol. The summed E-state index contributed by atoms with van der Waals surface area (Å²) in [6.45, 7) is 0.177. The molecular formula is C12H10ClN3O4. The van der Waals surface area contributed by atoms with Gasteiger partial charge in [0.15, 0.2) is 5.76 Å². The standard InChI is InChI=1S/C12H10ClN3O4/c13-9-5-7(11(17)18)1-2-10(9)16-12(19)14-6-8-3-4-15-20-8/h1-5H,6H2,(H,17,18)(H2,14,16,19). The molecular weight excluding hydrogens is 286 g/mol. The first-order chi connectivity index (χ1) is 9.56. The summed E-state index contributed by atoms with van der Waals surface area (Å²) >= 11 is 5.88. The van der Waals surface area contributed by atoms with E-state index in [1.54, 1.807) is 6.07 Å². The van der Waals surface area contributed by atoms with Crippen molar-refractivity contribution in [2.75, 3.05) is 5.32 Å². The lowest BCUT2D eigenvalue weighted by atomic mass is 10.2. The Morgan fingerprint density at radius 1 is 1.35 bits per heavy atom. The largest absolute Gasteiger partial charge is 0.478 e. The number of benzene rings is 1. The van der Waals surface area contributed by atoms with Crippen molar-refractivity contribution in [1.82, 2.24) is 10.5 Å². The van der Waals surface area contributed by atoms with Crippen LogP contribution in [0.25, 0.3) is 0 Å². The van der Waals surface area contributed by atoms with Gasteiger partial charge >= 0.3 is 12.0 Å². The smallest absolute Gasteiger partial charge is 0.335 e. The van der Waals surface area contributed by atoms with Gasteiger partial charge in [0.25, 0.3) is 0 Å². The molecule has 0 radical (unpaired) electrons. The number of amides is 2. The first-order valence-corrected chi connectivity index (χ1v) is 5.91. The highest BCUT2D eigenvalue weighted by molar-refractivity contribution is 6.34. The molecule has 0 bridgehead atoms. The first-order valence-electron chi connectivity index (χ1n) is 5.53. The number of halogens is 1. The van der Waals surface area contributed by atoms with Crippen LogP contribution < -0.4 is 10.6 Å². The maximum atomic E-state index is 11.6. The Morgan fingerprint density at radius 3 is 2.75 bits per heavy atom. The topological polar surface area (TPSA) is 104 Å². The fraction of sp³-hybridized carbons (Fsp3) is 0.0833. The Hall–Kier alpha value is -2.54. The summed E-state index contributed by atoms with van der Waals surface area (Å²) < 4.78 is 4.82. The van der Waals surface area contributed by atoms with E-state index in [0.29, 0.717) is 11.4 Å². The number of hydrogen-bond acceptors (Lipinski definition) is 4. The Balaban J connectivity index is 1.95. The van der Waals surface area contributed by atoms with Gasteiger partial charge in [-0.05, 0) is 18.2 Å². The summed E-state index contributed by atoms with van der Waals surface area (Å²) in [7, 11) is 0. The molecule has 7 nitrogen and oxygen atoms in total. The number of carbonyl (C=O) groups is 2. The summed E-state index contributed by atoms with van der Waals surface area (Å²) in [4.78, 5) is 22.4. The van der Waals surface area contributed by atoms with Crippen molar-refractivity contribution in [3.8, 4) is 0 Å². The Bertz CT molecular complexity index is 628. The van der Waals surface area contributed by atoms with Crippen LogP contribution in [0.2, 0.25) is 5.02 Å². The van der Waals surface area contributed by atoms with Gasteiger partial charge in [0, 0.05) is 6.07 Å². The number of anilines is 1. The lowest BCUT2D eigenvalue weighted by molar-refractivity contribution is 0.0697. The van der Waals surface area contributed by atoms with Gasteiger partial charge in [-0.3, -0.25) is 0 Å². The van der Waals surface area contributed by atoms with Gasteiger partial charge < -0.3 is 20.3 Å². The third-order valence-corrected chi connectivity index (χ3v) is 2.69. The van der Waals surface area contributed by atoms with Crippen molar-refractivity contribution >= 4 is 29.3 Å². The van der Waals surface area contributed by atoms with Crippen molar-refractivity contribution in [2.45, 2.75) is 6.54 Å². The number of carboxylic acid groups (broad SMARTS) is 1. The first kappa shape index (κ1) is 13.9. The highest BCUT2D eigenvalue weighted by Crippen LogP contribution is 2.22. The zero-order valence-electron chi connectivity index (χ0n) is 10.1. The molecule has 0 unspecified atom stereocenters. The van der Waals surface area contributed by atoms with Crippen LogP contribution in [0, 0.1) is 0 Å². The SMILES string of the molecule is O=C(NCc1ccno1)Nc1ccc(C(=O)O)cc1Cl. The van der Waals surface area contributed by atoms with E-state index in [1.165, 1.54) is 24.4 Å². The highest BCUT2D eigenvalue weighted by atomic mass is 35.5. The highest BCUT2D eigenvalue weighted by Gasteiger charge is 2.09. The van der Waals surface area contributed by atoms with Crippen molar-refractivity contribution in [1.29, 1.82) is 0 Å². The number of urea groups is 1. The number of aromatic carboxylic acids is 1. The molecule has 0 saturated heterocycles. The maximum Gasteiger partial charge on any atom is 0.335 e. The molecule has 0 fully saturated rings. The van der Waals surface area contributed by atoms with E-state index < -0.39 is 12.0 Å². The fourth-order valence-electron chi connectivity index (χ4n) is 1.42. The number of nitrogens with zero attached hydrogens (tertiary/aromatic N) is 1. The van der Waals surface area contributed by atoms with E-state index in [4.69, 9.17) is 21.2 Å². The molecule has 20 heavy (non-hydrogen) atoms. The predicted octanol–water partition coefficient (Wildman–Crippen LogP) is 2.35. The molecule has 0 spiro atoms. The number of nitrogens with one attached hydrogen (secondary N) is 2. The number of carbonyl (C=O) groups excluding carboxylic acids is 1. The zero-order chi connectivity index (χ0) is 14.5. The second kappa shape index (κ2) is 6.07. The van der Waals surface area contributed by atoms with Crippen LogP contribution in [0.5, 0.6) is 0 Å². The van der Waals surface area contributed by atoms with E-state index in [9.17, 15) is 9.59 Å². The molecule has 104 valence electrons. The third kappa shape index (κ3) is 3.48. The molecule has 8 heteroatoms. The summed E-state index contributed by atoms with van der Waals surface area (Å²) in [5.41, 5.74) is 0.356. The lowest BCUT2D eigenvalue weighted by Crippen LogP contribution is -2.28. The summed E-state index contributed by atoms with van der Waals surface area (Å²) in [6.07, 6.45) is 1.47. The van der Waals surface area contributed by atoms with Crippen LogP contribution in [0.15, 0.2) is 35.0 Å².